The lowest BCUT2D eigenvalue weighted by molar-refractivity contribution is -0.137. The molecule has 0 spiro atoms. The Hall–Kier alpha value is -1.89. The molecule has 2 aromatic rings. The summed E-state index contributed by atoms with van der Waals surface area (Å²) >= 11 is 0. The Morgan fingerprint density at radius 2 is 1.89 bits per heavy atom. The number of nitrogens with one attached hydrogen (secondary N) is 1. The van der Waals surface area contributed by atoms with E-state index < -0.39 is 11.7 Å². The summed E-state index contributed by atoms with van der Waals surface area (Å²) in [6, 6.07) is 4.58. The maximum absolute atomic E-state index is 12.4. The van der Waals surface area contributed by atoms with Crippen molar-refractivity contribution in [2.45, 2.75) is 12.7 Å². The van der Waals surface area contributed by atoms with E-state index in [9.17, 15) is 13.2 Å². The summed E-state index contributed by atoms with van der Waals surface area (Å²) in [5, 5.41) is 6.53. The molecule has 0 saturated heterocycles. The van der Waals surface area contributed by atoms with Crippen LogP contribution < -0.4 is 5.32 Å². The van der Waals surface area contributed by atoms with Crippen LogP contribution in [0.3, 0.4) is 0 Å². The van der Waals surface area contributed by atoms with Crippen molar-refractivity contribution >= 4 is 0 Å². The van der Waals surface area contributed by atoms with Crippen molar-refractivity contribution in [1.82, 2.24) is 15.5 Å². The highest BCUT2D eigenvalue weighted by atomic mass is 19.4. The van der Waals surface area contributed by atoms with Crippen LogP contribution in [0.1, 0.15) is 11.4 Å². The van der Waals surface area contributed by atoms with E-state index in [1.807, 2.05) is 0 Å². The van der Waals surface area contributed by atoms with Gasteiger partial charge in [-0.05, 0) is 31.3 Å². The van der Waals surface area contributed by atoms with Crippen LogP contribution >= 0.6 is 0 Å². The molecule has 0 bridgehead atoms. The summed E-state index contributed by atoms with van der Waals surface area (Å²) in [6.07, 6.45) is -4.34. The molecule has 96 valence electrons. The van der Waals surface area contributed by atoms with Gasteiger partial charge in [0, 0.05) is 5.56 Å². The third-order valence-electron chi connectivity index (χ3n) is 2.26. The zero-order chi connectivity index (χ0) is 13.2. The molecule has 1 aromatic heterocycles. The molecule has 18 heavy (non-hydrogen) atoms. The molecule has 0 saturated carbocycles. The standard InChI is InChI=1S/C11H10F3N3O/c1-15-6-9-16-10(18-17-9)7-2-4-8(5-3-7)11(12,13)14/h2-5,15H,6H2,1H3. The number of rotatable bonds is 3. The number of alkyl halides is 3. The summed E-state index contributed by atoms with van der Waals surface area (Å²) < 4.78 is 42.0. The quantitative estimate of drug-likeness (QED) is 0.917. The van der Waals surface area contributed by atoms with Crippen LogP contribution in [0.15, 0.2) is 28.8 Å². The molecule has 2 rings (SSSR count). The first-order valence-corrected chi connectivity index (χ1v) is 5.15. The van der Waals surface area contributed by atoms with Gasteiger partial charge in [0.2, 0.25) is 0 Å². The van der Waals surface area contributed by atoms with Gasteiger partial charge in [0.15, 0.2) is 5.82 Å². The van der Waals surface area contributed by atoms with E-state index in [2.05, 4.69) is 15.5 Å². The van der Waals surface area contributed by atoms with Crippen molar-refractivity contribution in [1.29, 1.82) is 0 Å². The van der Waals surface area contributed by atoms with Crippen molar-refractivity contribution in [3.8, 4) is 11.5 Å². The Kier molecular flexibility index (Phi) is 3.33. The van der Waals surface area contributed by atoms with E-state index in [1.54, 1.807) is 7.05 Å². The van der Waals surface area contributed by atoms with Gasteiger partial charge in [0.05, 0.1) is 12.1 Å². The molecule has 1 heterocycles. The normalized spacial score (nSPS) is 11.8. The topological polar surface area (TPSA) is 51.0 Å². The first kappa shape index (κ1) is 12.6. The fourth-order valence-electron chi connectivity index (χ4n) is 1.40. The molecule has 7 heteroatoms. The Morgan fingerprint density at radius 3 is 2.44 bits per heavy atom. The summed E-state index contributed by atoms with van der Waals surface area (Å²) in [5.74, 6) is 0.654. The van der Waals surface area contributed by atoms with Gasteiger partial charge in [0.1, 0.15) is 0 Å². The highest BCUT2D eigenvalue weighted by Crippen LogP contribution is 2.30. The number of hydrogen-bond acceptors (Lipinski definition) is 4. The highest BCUT2D eigenvalue weighted by Gasteiger charge is 2.30. The monoisotopic (exact) mass is 257 g/mol. The number of benzene rings is 1. The number of aromatic nitrogens is 2. The zero-order valence-corrected chi connectivity index (χ0v) is 9.45. The summed E-state index contributed by atoms with van der Waals surface area (Å²) in [5.41, 5.74) is -0.251. The van der Waals surface area contributed by atoms with Crippen molar-refractivity contribution in [3.63, 3.8) is 0 Å². The minimum atomic E-state index is -4.34. The predicted molar refractivity (Wildman–Crippen MR) is 57.5 cm³/mol. The second-order valence-corrected chi connectivity index (χ2v) is 3.62. The molecular formula is C11H10F3N3O. The maximum atomic E-state index is 12.4. The van der Waals surface area contributed by atoms with Gasteiger partial charge < -0.3 is 9.84 Å². The maximum Gasteiger partial charge on any atom is 0.416 e. The number of halogens is 3. The van der Waals surface area contributed by atoms with E-state index in [1.165, 1.54) is 12.1 Å². The lowest BCUT2D eigenvalue weighted by Gasteiger charge is -2.05. The van der Waals surface area contributed by atoms with Gasteiger partial charge in [-0.15, -0.1) is 0 Å². The number of nitrogens with zero attached hydrogens (tertiary/aromatic N) is 2. The van der Waals surface area contributed by atoms with Crippen molar-refractivity contribution in [2.75, 3.05) is 7.05 Å². The molecule has 0 radical (unpaired) electrons. The van der Waals surface area contributed by atoms with Gasteiger partial charge in [-0.2, -0.15) is 18.2 Å². The van der Waals surface area contributed by atoms with E-state index in [0.717, 1.165) is 12.1 Å². The summed E-state index contributed by atoms with van der Waals surface area (Å²) in [6.45, 7) is 0.435. The van der Waals surface area contributed by atoms with E-state index in [0.29, 0.717) is 17.9 Å². The van der Waals surface area contributed by atoms with Crippen molar-refractivity contribution in [2.24, 2.45) is 0 Å². The molecular weight excluding hydrogens is 247 g/mol. The van der Waals surface area contributed by atoms with E-state index >= 15 is 0 Å². The molecule has 0 amide bonds. The van der Waals surface area contributed by atoms with Crippen LogP contribution in [-0.4, -0.2) is 17.2 Å². The van der Waals surface area contributed by atoms with Crippen LogP contribution in [0.5, 0.6) is 0 Å². The van der Waals surface area contributed by atoms with Gasteiger partial charge in [-0.1, -0.05) is 5.16 Å². The third-order valence-corrected chi connectivity index (χ3v) is 2.26. The van der Waals surface area contributed by atoms with E-state index in [4.69, 9.17) is 4.52 Å². The largest absolute Gasteiger partial charge is 0.416 e. The zero-order valence-electron chi connectivity index (χ0n) is 9.45. The third kappa shape index (κ3) is 2.67. The van der Waals surface area contributed by atoms with Gasteiger partial charge in [0.25, 0.3) is 5.89 Å². The van der Waals surface area contributed by atoms with Gasteiger partial charge in [-0.3, -0.25) is 0 Å². The van der Waals surface area contributed by atoms with Crippen LogP contribution in [0, 0.1) is 0 Å². The SMILES string of the molecule is CNCc1noc(-c2ccc(C(F)(F)F)cc2)n1. The van der Waals surface area contributed by atoms with Crippen molar-refractivity contribution < 1.29 is 17.7 Å². The summed E-state index contributed by atoms with van der Waals surface area (Å²) in [4.78, 5) is 4.04. The Morgan fingerprint density at radius 1 is 1.22 bits per heavy atom. The van der Waals surface area contributed by atoms with Crippen LogP contribution in [0.25, 0.3) is 11.5 Å². The van der Waals surface area contributed by atoms with E-state index in [-0.39, 0.29) is 5.89 Å². The van der Waals surface area contributed by atoms with Crippen LogP contribution in [0.4, 0.5) is 13.2 Å². The lowest BCUT2D eigenvalue weighted by atomic mass is 10.1. The second kappa shape index (κ2) is 4.77. The second-order valence-electron chi connectivity index (χ2n) is 3.62. The molecule has 0 aliphatic rings. The molecule has 0 aliphatic carbocycles. The molecule has 0 unspecified atom stereocenters. The Labute approximate surface area is 101 Å². The smallest absolute Gasteiger partial charge is 0.334 e. The minimum Gasteiger partial charge on any atom is -0.334 e. The molecule has 4 nitrogen and oxygen atoms in total. The first-order chi connectivity index (χ1) is 8.50. The Bertz CT molecular complexity index is 519. The molecule has 0 atom stereocenters. The fourth-order valence-corrected chi connectivity index (χ4v) is 1.40. The molecule has 1 N–H and O–H groups in total. The fraction of sp³-hybridized carbons (Fsp3) is 0.273. The van der Waals surface area contributed by atoms with Crippen LogP contribution in [-0.2, 0) is 12.7 Å². The van der Waals surface area contributed by atoms with Gasteiger partial charge >= 0.3 is 6.18 Å². The highest BCUT2D eigenvalue weighted by molar-refractivity contribution is 5.53. The lowest BCUT2D eigenvalue weighted by Crippen LogP contribution is -2.06. The summed E-state index contributed by atoms with van der Waals surface area (Å²) in [7, 11) is 1.73. The predicted octanol–water partition coefficient (Wildman–Crippen LogP) is 2.47. The first-order valence-electron chi connectivity index (χ1n) is 5.15. The average Bonchev–Trinajstić information content (AvgIpc) is 2.77. The van der Waals surface area contributed by atoms with Gasteiger partial charge in [-0.25, -0.2) is 0 Å². The van der Waals surface area contributed by atoms with Crippen LogP contribution in [0.2, 0.25) is 0 Å². The molecule has 0 fully saturated rings. The molecule has 0 aliphatic heterocycles. The number of hydrogen-bond donors (Lipinski definition) is 1. The average molecular weight is 257 g/mol. The van der Waals surface area contributed by atoms with Crippen molar-refractivity contribution in [3.05, 3.63) is 35.7 Å². The Balaban J connectivity index is 2.23. The molecule has 1 aromatic carbocycles. The minimum absolute atomic E-state index is 0.203.